The number of nitrogens with zero attached hydrogens (tertiary/aromatic N) is 3. The Morgan fingerprint density at radius 2 is 1.74 bits per heavy atom. The highest BCUT2D eigenvalue weighted by Crippen LogP contribution is 2.34. The smallest absolute Gasteiger partial charge is 0.229 e. The number of fused-ring (bicyclic) bond motifs is 3. The van der Waals surface area contributed by atoms with Gasteiger partial charge in [0.15, 0.2) is 5.96 Å². The number of hydrogen-bond donors (Lipinski definition) is 4. The molecule has 1 aliphatic carbocycles. The fraction of sp³-hybridized carbons (Fsp3) is 0.138. The predicted octanol–water partition coefficient (Wildman–Crippen LogP) is 5.90. The monoisotopic (exact) mass is 539 g/mol. The topological polar surface area (TPSA) is 115 Å². The number of benzene rings is 3. The number of guanidine groups is 1. The van der Waals surface area contributed by atoms with Crippen molar-refractivity contribution in [3.05, 3.63) is 100 Å². The van der Waals surface area contributed by atoms with Gasteiger partial charge in [-0.15, -0.1) is 0 Å². The maximum atomic E-state index is 14.7. The molecule has 8 nitrogen and oxygen atoms in total. The van der Waals surface area contributed by atoms with Crippen LogP contribution in [0.15, 0.2) is 77.9 Å². The summed E-state index contributed by atoms with van der Waals surface area (Å²) in [6.07, 6.45) is 3.48. The average molecular weight is 540 g/mol. The normalized spacial score (nSPS) is 13.8. The van der Waals surface area contributed by atoms with Crippen molar-refractivity contribution >= 4 is 46.5 Å². The number of carbonyl (C=O) groups excluding carboxylic acids is 1. The van der Waals surface area contributed by atoms with Crippen LogP contribution in [0.2, 0.25) is 5.02 Å². The first-order chi connectivity index (χ1) is 18.9. The highest BCUT2D eigenvalue weighted by Gasteiger charge is 2.30. The summed E-state index contributed by atoms with van der Waals surface area (Å²) in [5.41, 5.74) is 5.28. The van der Waals surface area contributed by atoms with Crippen LogP contribution in [0.3, 0.4) is 0 Å². The molecular weight excluding hydrogens is 517 g/mol. The van der Waals surface area contributed by atoms with E-state index in [4.69, 9.17) is 27.0 Å². The van der Waals surface area contributed by atoms with Crippen LogP contribution in [-0.4, -0.2) is 27.5 Å². The van der Waals surface area contributed by atoms with Gasteiger partial charge < -0.3 is 10.6 Å². The van der Waals surface area contributed by atoms with Gasteiger partial charge in [-0.25, -0.2) is 14.4 Å². The molecule has 10 heteroatoms. The minimum atomic E-state index is -0.361. The van der Waals surface area contributed by atoms with Crippen LogP contribution < -0.4 is 16.0 Å². The number of aliphatic imine (C=N–C) groups is 1. The molecule has 3 aromatic carbocycles. The van der Waals surface area contributed by atoms with Gasteiger partial charge in [-0.2, -0.15) is 0 Å². The fourth-order valence-electron chi connectivity index (χ4n) is 4.38. The second kappa shape index (κ2) is 10.3. The maximum absolute atomic E-state index is 14.7. The van der Waals surface area contributed by atoms with Gasteiger partial charge in [0.2, 0.25) is 11.9 Å². The van der Waals surface area contributed by atoms with Crippen LogP contribution in [0.4, 0.5) is 21.7 Å². The Hall–Kier alpha value is -4.63. The summed E-state index contributed by atoms with van der Waals surface area (Å²) in [6.45, 7) is 0.287. The minimum Gasteiger partial charge on any atom is -0.326 e. The summed E-state index contributed by atoms with van der Waals surface area (Å²) in [5, 5.41) is 17.1. The van der Waals surface area contributed by atoms with Crippen LogP contribution in [0.5, 0.6) is 0 Å². The molecule has 194 valence electrons. The first-order valence-corrected chi connectivity index (χ1v) is 12.8. The number of aromatic nitrogens is 2. The summed E-state index contributed by atoms with van der Waals surface area (Å²) in [6, 6.07) is 19.2. The van der Waals surface area contributed by atoms with Crippen LogP contribution in [0.25, 0.3) is 11.3 Å². The number of nitrogens with one attached hydrogen (secondary N) is 4. The highest BCUT2D eigenvalue weighted by molar-refractivity contribution is 6.31. The predicted molar refractivity (Wildman–Crippen MR) is 150 cm³/mol. The Bertz CT molecular complexity index is 1630. The van der Waals surface area contributed by atoms with Crippen LogP contribution in [0.1, 0.15) is 29.5 Å². The number of amides is 1. The third kappa shape index (κ3) is 5.35. The SMILES string of the molecule is N=C(NC(=O)C1CC1)Nc1ccc(Nc2ncc3c(n2)-c2ccc(Cl)cc2C(c2ccccc2F)=NC3)cc1. The van der Waals surface area contributed by atoms with Gasteiger partial charge in [-0.3, -0.25) is 20.5 Å². The molecule has 1 aliphatic heterocycles. The van der Waals surface area contributed by atoms with E-state index >= 15 is 0 Å². The van der Waals surface area contributed by atoms with E-state index in [9.17, 15) is 9.18 Å². The van der Waals surface area contributed by atoms with Gasteiger partial charge >= 0.3 is 0 Å². The zero-order chi connectivity index (χ0) is 26.9. The molecule has 4 aromatic rings. The molecule has 4 N–H and O–H groups in total. The van der Waals surface area contributed by atoms with Crippen molar-refractivity contribution in [3.8, 4) is 11.3 Å². The summed E-state index contributed by atoms with van der Waals surface area (Å²) in [4.78, 5) is 25.8. The molecule has 6 rings (SSSR count). The average Bonchev–Trinajstić information content (AvgIpc) is 3.78. The van der Waals surface area contributed by atoms with Crippen LogP contribution in [0, 0.1) is 17.1 Å². The van der Waals surface area contributed by atoms with E-state index in [1.807, 2.05) is 18.2 Å². The van der Waals surface area contributed by atoms with E-state index in [1.54, 1.807) is 48.7 Å². The van der Waals surface area contributed by atoms with Crippen molar-refractivity contribution in [1.82, 2.24) is 15.3 Å². The number of carbonyl (C=O) groups is 1. The van der Waals surface area contributed by atoms with Gasteiger partial charge in [0.1, 0.15) is 5.82 Å². The van der Waals surface area contributed by atoms with Crippen LogP contribution >= 0.6 is 11.6 Å². The number of anilines is 3. The van der Waals surface area contributed by atoms with E-state index in [0.29, 0.717) is 39.2 Å². The van der Waals surface area contributed by atoms with Crippen molar-refractivity contribution in [3.63, 3.8) is 0 Å². The summed E-state index contributed by atoms with van der Waals surface area (Å²) < 4.78 is 14.7. The molecule has 2 aliphatic rings. The zero-order valence-corrected chi connectivity index (χ0v) is 21.4. The molecule has 1 fully saturated rings. The molecular formula is C29H23ClFN7O. The highest BCUT2D eigenvalue weighted by atomic mass is 35.5. The molecule has 0 bridgehead atoms. The van der Waals surface area contributed by atoms with E-state index in [0.717, 1.165) is 29.7 Å². The molecule has 0 radical (unpaired) electrons. The molecule has 2 heterocycles. The Balaban J connectivity index is 1.24. The lowest BCUT2D eigenvalue weighted by atomic mass is 9.95. The molecule has 1 saturated carbocycles. The van der Waals surface area contributed by atoms with Crippen molar-refractivity contribution in [2.75, 3.05) is 10.6 Å². The van der Waals surface area contributed by atoms with Gasteiger partial charge in [0.05, 0.1) is 18.0 Å². The summed E-state index contributed by atoms with van der Waals surface area (Å²) in [7, 11) is 0. The summed E-state index contributed by atoms with van der Waals surface area (Å²) >= 11 is 6.34. The van der Waals surface area contributed by atoms with Gasteiger partial charge in [-0.05, 0) is 61.4 Å². The number of hydrogen-bond acceptors (Lipinski definition) is 6. The first-order valence-electron chi connectivity index (χ1n) is 12.4. The quantitative estimate of drug-likeness (QED) is 0.186. The lowest BCUT2D eigenvalue weighted by Crippen LogP contribution is -2.35. The Labute approximate surface area is 228 Å². The second-order valence-electron chi connectivity index (χ2n) is 9.37. The first kappa shape index (κ1) is 24.7. The fourth-order valence-corrected chi connectivity index (χ4v) is 4.55. The molecule has 0 atom stereocenters. The third-order valence-corrected chi connectivity index (χ3v) is 6.73. The maximum Gasteiger partial charge on any atom is 0.229 e. The van der Waals surface area contributed by atoms with Crippen LogP contribution in [-0.2, 0) is 11.3 Å². The Morgan fingerprint density at radius 1 is 0.974 bits per heavy atom. The lowest BCUT2D eigenvalue weighted by molar-refractivity contribution is -0.120. The van der Waals surface area contributed by atoms with E-state index in [-0.39, 0.29) is 30.1 Å². The van der Waals surface area contributed by atoms with Crippen molar-refractivity contribution in [2.45, 2.75) is 19.4 Å². The Morgan fingerprint density at radius 3 is 2.51 bits per heavy atom. The van der Waals surface area contributed by atoms with E-state index < -0.39 is 0 Å². The largest absolute Gasteiger partial charge is 0.326 e. The van der Waals surface area contributed by atoms with E-state index in [2.05, 4.69) is 20.9 Å². The molecule has 0 unspecified atom stereocenters. The molecule has 1 aromatic heterocycles. The zero-order valence-electron chi connectivity index (χ0n) is 20.6. The number of halogens is 2. The summed E-state index contributed by atoms with van der Waals surface area (Å²) in [5.74, 6) is -0.130. The molecule has 39 heavy (non-hydrogen) atoms. The molecule has 0 spiro atoms. The van der Waals surface area contributed by atoms with Crippen molar-refractivity contribution in [1.29, 1.82) is 5.41 Å². The van der Waals surface area contributed by atoms with Crippen molar-refractivity contribution in [2.24, 2.45) is 10.9 Å². The lowest BCUT2D eigenvalue weighted by Gasteiger charge is -2.13. The molecule has 1 amide bonds. The third-order valence-electron chi connectivity index (χ3n) is 6.50. The standard InChI is InChI=1S/C29H23ClFN7O/c30-18-7-12-21-23(13-18)26(22-3-1-2-4-24(22)31)33-14-17-15-34-29(37-25(17)21)36-20-10-8-19(9-11-20)35-28(32)38-27(39)16-5-6-16/h1-4,7-13,15-16H,5-6,14H2,(H,34,36,37)(H3,32,35,38,39). The van der Waals surface area contributed by atoms with Crippen molar-refractivity contribution < 1.29 is 9.18 Å². The molecule has 0 saturated heterocycles. The minimum absolute atomic E-state index is 0.0289. The Kier molecular flexibility index (Phi) is 6.50. The number of rotatable bonds is 5. The van der Waals surface area contributed by atoms with E-state index in [1.165, 1.54) is 6.07 Å². The van der Waals surface area contributed by atoms with Gasteiger partial charge in [0, 0.05) is 50.8 Å². The van der Waals surface area contributed by atoms with Gasteiger partial charge in [-0.1, -0.05) is 29.8 Å². The van der Waals surface area contributed by atoms with Gasteiger partial charge in [0.25, 0.3) is 0 Å². The second-order valence-corrected chi connectivity index (χ2v) is 9.80.